The predicted octanol–water partition coefficient (Wildman–Crippen LogP) is 0.663. The Morgan fingerprint density at radius 1 is 1.44 bits per heavy atom. The van der Waals surface area contributed by atoms with Crippen LogP contribution in [0.4, 0.5) is 0 Å². The van der Waals surface area contributed by atoms with Gasteiger partial charge in [0, 0.05) is 6.54 Å². The molecule has 0 aliphatic carbocycles. The Balaban J connectivity index is 2.23. The van der Waals surface area contributed by atoms with Crippen molar-refractivity contribution in [3.05, 3.63) is 26.8 Å². The molecular formula is C9H13N5OS. The summed E-state index contributed by atoms with van der Waals surface area (Å²) in [4.78, 5) is 15.6. The molecule has 86 valence electrons. The van der Waals surface area contributed by atoms with Crippen molar-refractivity contribution < 1.29 is 0 Å². The van der Waals surface area contributed by atoms with Crippen LogP contribution in [0, 0.1) is 6.92 Å². The first-order chi connectivity index (χ1) is 7.70. The fourth-order valence-electron chi connectivity index (χ4n) is 1.45. The lowest BCUT2D eigenvalue weighted by Gasteiger charge is -2.03. The normalized spacial score (nSPS) is 10.9. The topological polar surface area (TPSA) is 65.6 Å². The van der Waals surface area contributed by atoms with E-state index in [1.807, 2.05) is 6.92 Å². The highest BCUT2D eigenvalue weighted by Crippen LogP contribution is 2.00. The Morgan fingerprint density at radius 3 is 2.88 bits per heavy atom. The molecule has 0 aliphatic rings. The largest absolute Gasteiger partial charge is 0.325 e. The van der Waals surface area contributed by atoms with Crippen LogP contribution >= 0.6 is 11.3 Å². The summed E-state index contributed by atoms with van der Waals surface area (Å²) in [5, 5.41) is 9.00. The molecule has 16 heavy (non-hydrogen) atoms. The van der Waals surface area contributed by atoms with Crippen molar-refractivity contribution in [3.63, 3.8) is 0 Å². The molecule has 0 aliphatic heterocycles. The zero-order chi connectivity index (χ0) is 11.5. The van der Waals surface area contributed by atoms with Crippen LogP contribution in [-0.4, -0.2) is 24.5 Å². The summed E-state index contributed by atoms with van der Waals surface area (Å²) in [6.07, 6.45) is 2.50. The van der Waals surface area contributed by atoms with Gasteiger partial charge in [-0.2, -0.15) is 10.2 Å². The van der Waals surface area contributed by atoms with E-state index >= 15 is 0 Å². The SMILES string of the molecule is CCCn1ncnc1Cn1nc(C)sc1=O. The first-order valence-electron chi connectivity index (χ1n) is 5.12. The third-order valence-electron chi connectivity index (χ3n) is 2.13. The molecule has 0 unspecified atom stereocenters. The minimum atomic E-state index is -0.0523. The summed E-state index contributed by atoms with van der Waals surface area (Å²) < 4.78 is 3.23. The first kappa shape index (κ1) is 11.0. The van der Waals surface area contributed by atoms with E-state index in [1.165, 1.54) is 11.0 Å². The second kappa shape index (κ2) is 4.56. The van der Waals surface area contributed by atoms with Gasteiger partial charge >= 0.3 is 4.87 Å². The Hall–Kier alpha value is -1.50. The fraction of sp³-hybridized carbons (Fsp3) is 0.556. The molecule has 6 nitrogen and oxygen atoms in total. The van der Waals surface area contributed by atoms with Crippen molar-refractivity contribution >= 4 is 11.3 Å². The number of aromatic nitrogens is 5. The first-order valence-corrected chi connectivity index (χ1v) is 5.93. The smallest absolute Gasteiger partial charge is 0.255 e. The maximum absolute atomic E-state index is 11.5. The van der Waals surface area contributed by atoms with Gasteiger partial charge in [-0.15, -0.1) is 0 Å². The maximum atomic E-state index is 11.5. The van der Waals surface area contributed by atoms with E-state index in [2.05, 4.69) is 22.1 Å². The van der Waals surface area contributed by atoms with E-state index < -0.39 is 0 Å². The number of hydrogen-bond acceptors (Lipinski definition) is 5. The zero-order valence-corrected chi connectivity index (χ0v) is 10.1. The van der Waals surface area contributed by atoms with E-state index in [0.29, 0.717) is 6.54 Å². The Labute approximate surface area is 96.6 Å². The average Bonchev–Trinajstić information content (AvgIpc) is 2.77. The molecule has 2 aromatic heterocycles. The van der Waals surface area contributed by atoms with Gasteiger partial charge in [-0.3, -0.25) is 4.79 Å². The molecule has 0 N–H and O–H groups in total. The van der Waals surface area contributed by atoms with Gasteiger partial charge in [0.1, 0.15) is 23.7 Å². The van der Waals surface area contributed by atoms with Gasteiger partial charge in [-0.05, 0) is 13.3 Å². The molecule has 0 aromatic carbocycles. The molecule has 2 aromatic rings. The van der Waals surface area contributed by atoms with Crippen LogP contribution in [0.1, 0.15) is 24.2 Å². The highest BCUT2D eigenvalue weighted by molar-refractivity contribution is 7.08. The summed E-state index contributed by atoms with van der Waals surface area (Å²) in [6, 6.07) is 0. The lowest BCUT2D eigenvalue weighted by atomic mass is 10.5. The average molecular weight is 239 g/mol. The van der Waals surface area contributed by atoms with Gasteiger partial charge < -0.3 is 0 Å². The highest BCUT2D eigenvalue weighted by Gasteiger charge is 2.08. The number of hydrogen-bond donors (Lipinski definition) is 0. The van der Waals surface area contributed by atoms with E-state index in [4.69, 9.17) is 0 Å². The summed E-state index contributed by atoms with van der Waals surface area (Å²) in [6.45, 7) is 5.10. The highest BCUT2D eigenvalue weighted by atomic mass is 32.1. The molecule has 0 spiro atoms. The Kier molecular flexibility index (Phi) is 3.14. The van der Waals surface area contributed by atoms with Gasteiger partial charge in [0.2, 0.25) is 0 Å². The van der Waals surface area contributed by atoms with Gasteiger partial charge in [-0.1, -0.05) is 18.3 Å². The lowest BCUT2D eigenvalue weighted by Crippen LogP contribution is -2.19. The summed E-state index contributed by atoms with van der Waals surface area (Å²) in [5.41, 5.74) is 0. The minimum absolute atomic E-state index is 0.0523. The Morgan fingerprint density at radius 2 is 2.25 bits per heavy atom. The molecule has 0 radical (unpaired) electrons. The zero-order valence-electron chi connectivity index (χ0n) is 9.25. The third kappa shape index (κ3) is 2.19. The lowest BCUT2D eigenvalue weighted by molar-refractivity contribution is 0.533. The Bertz CT molecular complexity index is 526. The van der Waals surface area contributed by atoms with Crippen LogP contribution in [0.25, 0.3) is 0 Å². The molecule has 0 saturated heterocycles. The molecule has 0 fully saturated rings. The number of rotatable bonds is 4. The molecule has 0 amide bonds. The van der Waals surface area contributed by atoms with Gasteiger partial charge in [0.25, 0.3) is 0 Å². The van der Waals surface area contributed by atoms with Crippen molar-refractivity contribution in [2.75, 3.05) is 0 Å². The molecule has 2 heterocycles. The minimum Gasteiger partial charge on any atom is -0.255 e. The van der Waals surface area contributed by atoms with Crippen molar-refractivity contribution in [3.8, 4) is 0 Å². The second-order valence-electron chi connectivity index (χ2n) is 3.44. The maximum Gasteiger partial charge on any atom is 0.325 e. The van der Waals surface area contributed by atoms with Crippen molar-refractivity contribution in [2.24, 2.45) is 0 Å². The summed E-state index contributed by atoms with van der Waals surface area (Å²) in [7, 11) is 0. The molecular weight excluding hydrogens is 226 g/mol. The van der Waals surface area contributed by atoms with Crippen LogP contribution in [0.3, 0.4) is 0 Å². The molecule has 0 bridgehead atoms. The number of aryl methyl sites for hydroxylation is 2. The number of nitrogens with zero attached hydrogens (tertiary/aromatic N) is 5. The van der Waals surface area contributed by atoms with E-state index in [1.54, 1.807) is 4.68 Å². The van der Waals surface area contributed by atoms with Crippen LogP contribution in [0.15, 0.2) is 11.1 Å². The van der Waals surface area contributed by atoms with E-state index in [9.17, 15) is 4.79 Å². The van der Waals surface area contributed by atoms with E-state index in [-0.39, 0.29) is 4.87 Å². The summed E-state index contributed by atoms with van der Waals surface area (Å²) in [5.74, 6) is 0.772. The van der Waals surface area contributed by atoms with Crippen LogP contribution in [0.2, 0.25) is 0 Å². The standard InChI is InChI=1S/C9H13N5OS/c1-3-4-13-8(10-6-11-13)5-14-9(15)16-7(2)12-14/h6H,3-5H2,1-2H3. The van der Waals surface area contributed by atoms with Crippen molar-refractivity contribution in [2.45, 2.75) is 33.4 Å². The van der Waals surface area contributed by atoms with Gasteiger partial charge in [0.05, 0.1) is 0 Å². The summed E-state index contributed by atoms with van der Waals surface area (Å²) >= 11 is 1.15. The van der Waals surface area contributed by atoms with Gasteiger partial charge in [-0.25, -0.2) is 14.3 Å². The molecule has 0 atom stereocenters. The monoisotopic (exact) mass is 239 g/mol. The van der Waals surface area contributed by atoms with E-state index in [0.717, 1.165) is 35.1 Å². The van der Waals surface area contributed by atoms with Crippen LogP contribution in [0.5, 0.6) is 0 Å². The molecule has 2 rings (SSSR count). The molecule has 7 heteroatoms. The third-order valence-corrected chi connectivity index (χ3v) is 2.89. The molecule has 0 saturated carbocycles. The predicted molar refractivity (Wildman–Crippen MR) is 60.5 cm³/mol. The van der Waals surface area contributed by atoms with Crippen molar-refractivity contribution in [1.29, 1.82) is 0 Å². The quantitative estimate of drug-likeness (QED) is 0.786. The van der Waals surface area contributed by atoms with Crippen LogP contribution in [-0.2, 0) is 13.1 Å². The second-order valence-corrected chi connectivity index (χ2v) is 4.59. The fourth-order valence-corrected chi connectivity index (χ4v) is 2.06. The van der Waals surface area contributed by atoms with Crippen molar-refractivity contribution in [1.82, 2.24) is 24.5 Å². The van der Waals surface area contributed by atoms with Crippen LogP contribution < -0.4 is 4.87 Å². The van der Waals surface area contributed by atoms with Gasteiger partial charge in [0.15, 0.2) is 0 Å².